The number of likely N-dealkylation sites (N-methyl/N-ethyl adjacent to an activating group) is 1. The minimum absolute atomic E-state index is 0.182. The van der Waals surface area contributed by atoms with E-state index >= 15 is 0 Å². The smallest absolute Gasteiger partial charge is 0.222 e. The number of nitrogens with zero attached hydrogens (tertiary/aromatic N) is 2. The largest absolute Gasteiger partial charge is 0.374 e. The van der Waals surface area contributed by atoms with Crippen molar-refractivity contribution < 1.29 is 9.53 Å². The van der Waals surface area contributed by atoms with Gasteiger partial charge in [-0.15, -0.1) is 0 Å². The van der Waals surface area contributed by atoms with Crippen LogP contribution in [0.5, 0.6) is 0 Å². The summed E-state index contributed by atoms with van der Waals surface area (Å²) in [5.41, 5.74) is 0. The second-order valence-corrected chi connectivity index (χ2v) is 5.52. The lowest BCUT2D eigenvalue weighted by molar-refractivity contribution is -0.133. The van der Waals surface area contributed by atoms with Gasteiger partial charge in [0.15, 0.2) is 0 Å². The molecule has 0 aromatic heterocycles. The van der Waals surface area contributed by atoms with E-state index in [-0.39, 0.29) is 12.0 Å². The van der Waals surface area contributed by atoms with Gasteiger partial charge in [-0.25, -0.2) is 0 Å². The highest BCUT2D eigenvalue weighted by atomic mass is 16.5. The van der Waals surface area contributed by atoms with Gasteiger partial charge < -0.3 is 9.64 Å². The highest BCUT2D eigenvalue weighted by Gasteiger charge is 2.22. The number of carbonyl (C=O) groups excluding carboxylic acids is 1. The van der Waals surface area contributed by atoms with Crippen LogP contribution in [-0.4, -0.2) is 61.6 Å². The van der Waals surface area contributed by atoms with Crippen molar-refractivity contribution in [3.63, 3.8) is 0 Å². The van der Waals surface area contributed by atoms with Crippen molar-refractivity contribution in [2.75, 3.05) is 39.8 Å². The Morgan fingerprint density at radius 3 is 2.79 bits per heavy atom. The number of amides is 1. The number of hydrogen-bond acceptors (Lipinski definition) is 3. The molecule has 1 amide bonds. The molecule has 4 heteroatoms. The van der Waals surface area contributed by atoms with E-state index in [1.165, 1.54) is 25.8 Å². The predicted octanol–water partition coefficient (Wildman–Crippen LogP) is 2.14. The topological polar surface area (TPSA) is 32.8 Å². The fourth-order valence-electron chi connectivity index (χ4n) is 2.49. The fourth-order valence-corrected chi connectivity index (χ4v) is 2.49. The molecular formula is C15H30N2O2. The SMILES string of the molecule is CCCCCN1CCO[C@@H](CN(C)C(=O)CCC)C1. The van der Waals surface area contributed by atoms with E-state index < -0.39 is 0 Å². The Morgan fingerprint density at radius 2 is 2.11 bits per heavy atom. The van der Waals surface area contributed by atoms with Crippen LogP contribution in [-0.2, 0) is 9.53 Å². The van der Waals surface area contributed by atoms with Crippen LogP contribution in [0.2, 0.25) is 0 Å². The minimum Gasteiger partial charge on any atom is -0.374 e. The molecule has 0 aromatic carbocycles. The summed E-state index contributed by atoms with van der Waals surface area (Å²) in [4.78, 5) is 16.1. The lowest BCUT2D eigenvalue weighted by Gasteiger charge is -2.34. The summed E-state index contributed by atoms with van der Waals surface area (Å²) in [7, 11) is 1.89. The second kappa shape index (κ2) is 9.32. The number of carbonyl (C=O) groups is 1. The zero-order valence-electron chi connectivity index (χ0n) is 12.9. The maximum Gasteiger partial charge on any atom is 0.222 e. The van der Waals surface area contributed by atoms with Gasteiger partial charge in [-0.1, -0.05) is 26.7 Å². The second-order valence-electron chi connectivity index (χ2n) is 5.52. The third-order valence-electron chi connectivity index (χ3n) is 3.67. The summed E-state index contributed by atoms with van der Waals surface area (Å²) in [6.45, 7) is 8.96. The van der Waals surface area contributed by atoms with Gasteiger partial charge in [0.1, 0.15) is 0 Å². The Kier molecular flexibility index (Phi) is 8.07. The lowest BCUT2D eigenvalue weighted by Crippen LogP contribution is -2.48. The van der Waals surface area contributed by atoms with Crippen LogP contribution < -0.4 is 0 Å². The average molecular weight is 270 g/mol. The molecule has 1 saturated heterocycles. The van der Waals surface area contributed by atoms with Crippen molar-refractivity contribution in [3.05, 3.63) is 0 Å². The van der Waals surface area contributed by atoms with Crippen LogP contribution in [0.3, 0.4) is 0 Å². The van der Waals surface area contributed by atoms with Crippen molar-refractivity contribution in [1.29, 1.82) is 0 Å². The minimum atomic E-state index is 0.182. The molecule has 1 aliphatic rings. The molecule has 0 aromatic rings. The first-order chi connectivity index (χ1) is 9.17. The highest BCUT2D eigenvalue weighted by molar-refractivity contribution is 5.75. The number of rotatable bonds is 8. The van der Waals surface area contributed by atoms with Gasteiger partial charge in [0.25, 0.3) is 0 Å². The molecule has 0 aliphatic carbocycles. The van der Waals surface area contributed by atoms with Crippen molar-refractivity contribution in [3.8, 4) is 0 Å². The number of hydrogen-bond donors (Lipinski definition) is 0. The van der Waals surface area contributed by atoms with Gasteiger partial charge in [-0.05, 0) is 19.4 Å². The van der Waals surface area contributed by atoms with Gasteiger partial charge in [0.2, 0.25) is 5.91 Å². The number of morpholine rings is 1. The Bertz CT molecular complexity index is 259. The van der Waals surface area contributed by atoms with Crippen LogP contribution in [0.4, 0.5) is 0 Å². The molecule has 19 heavy (non-hydrogen) atoms. The molecule has 0 bridgehead atoms. The van der Waals surface area contributed by atoms with Crippen molar-refractivity contribution in [2.45, 2.75) is 52.1 Å². The lowest BCUT2D eigenvalue weighted by atomic mass is 10.2. The Balaban J connectivity index is 2.27. The van der Waals surface area contributed by atoms with Crippen LogP contribution in [0.15, 0.2) is 0 Å². The molecule has 1 aliphatic heterocycles. The molecule has 0 radical (unpaired) electrons. The van der Waals surface area contributed by atoms with E-state index in [4.69, 9.17) is 4.74 Å². The van der Waals surface area contributed by atoms with E-state index in [9.17, 15) is 4.79 Å². The number of ether oxygens (including phenoxy) is 1. The Morgan fingerprint density at radius 1 is 1.32 bits per heavy atom. The zero-order valence-corrected chi connectivity index (χ0v) is 12.9. The van der Waals surface area contributed by atoms with Crippen LogP contribution in [0.1, 0.15) is 46.0 Å². The van der Waals surface area contributed by atoms with Gasteiger partial charge >= 0.3 is 0 Å². The summed E-state index contributed by atoms with van der Waals surface area (Å²) in [5.74, 6) is 0.231. The van der Waals surface area contributed by atoms with Gasteiger partial charge in [-0.2, -0.15) is 0 Å². The fraction of sp³-hybridized carbons (Fsp3) is 0.933. The maximum absolute atomic E-state index is 11.8. The summed E-state index contributed by atoms with van der Waals surface area (Å²) >= 11 is 0. The van der Waals surface area contributed by atoms with Gasteiger partial charge in [-0.3, -0.25) is 9.69 Å². The van der Waals surface area contributed by atoms with Crippen molar-refractivity contribution in [1.82, 2.24) is 9.80 Å². The number of unbranched alkanes of at least 4 members (excludes halogenated alkanes) is 2. The zero-order chi connectivity index (χ0) is 14.1. The summed E-state index contributed by atoms with van der Waals surface area (Å²) in [6, 6.07) is 0. The molecular weight excluding hydrogens is 240 g/mol. The molecule has 1 rings (SSSR count). The molecule has 1 fully saturated rings. The monoisotopic (exact) mass is 270 g/mol. The maximum atomic E-state index is 11.8. The van der Waals surface area contributed by atoms with E-state index in [0.29, 0.717) is 6.42 Å². The van der Waals surface area contributed by atoms with Crippen LogP contribution >= 0.6 is 0 Å². The molecule has 1 atom stereocenters. The average Bonchev–Trinajstić information content (AvgIpc) is 2.40. The molecule has 4 nitrogen and oxygen atoms in total. The Labute approximate surface area is 118 Å². The van der Waals surface area contributed by atoms with E-state index in [1.807, 2.05) is 18.9 Å². The first-order valence-electron chi connectivity index (χ1n) is 7.75. The third kappa shape index (κ3) is 6.39. The third-order valence-corrected chi connectivity index (χ3v) is 3.67. The normalized spacial score (nSPS) is 20.5. The summed E-state index contributed by atoms with van der Waals surface area (Å²) < 4.78 is 5.78. The predicted molar refractivity (Wildman–Crippen MR) is 78.3 cm³/mol. The van der Waals surface area contributed by atoms with Crippen molar-refractivity contribution >= 4 is 5.91 Å². The first kappa shape index (κ1) is 16.4. The van der Waals surface area contributed by atoms with Crippen LogP contribution in [0.25, 0.3) is 0 Å². The highest BCUT2D eigenvalue weighted by Crippen LogP contribution is 2.09. The van der Waals surface area contributed by atoms with Gasteiger partial charge in [0.05, 0.1) is 12.7 Å². The van der Waals surface area contributed by atoms with E-state index in [0.717, 1.165) is 32.7 Å². The van der Waals surface area contributed by atoms with Gasteiger partial charge in [0, 0.05) is 33.1 Å². The molecule has 1 heterocycles. The molecule has 0 saturated carbocycles. The summed E-state index contributed by atoms with van der Waals surface area (Å²) in [6.07, 6.45) is 5.58. The van der Waals surface area contributed by atoms with E-state index in [1.54, 1.807) is 0 Å². The first-order valence-corrected chi connectivity index (χ1v) is 7.75. The quantitative estimate of drug-likeness (QED) is 0.634. The van der Waals surface area contributed by atoms with Crippen molar-refractivity contribution in [2.24, 2.45) is 0 Å². The molecule has 0 spiro atoms. The Hall–Kier alpha value is -0.610. The molecule has 0 N–H and O–H groups in total. The molecule has 112 valence electrons. The molecule has 0 unspecified atom stereocenters. The standard InChI is InChI=1S/C15H30N2O2/c1-4-6-7-9-17-10-11-19-14(13-17)12-16(3)15(18)8-5-2/h14H,4-13H2,1-3H3/t14-/m0/s1. The van der Waals surface area contributed by atoms with E-state index in [2.05, 4.69) is 11.8 Å². The van der Waals surface area contributed by atoms with Crippen LogP contribution in [0, 0.1) is 0 Å². The summed E-state index contributed by atoms with van der Waals surface area (Å²) in [5, 5.41) is 0.